The molecule has 130 valence electrons. The Hall–Kier alpha value is -1.66. The van der Waals surface area contributed by atoms with E-state index in [2.05, 4.69) is 4.90 Å². The molecule has 2 fully saturated rings. The van der Waals surface area contributed by atoms with Crippen molar-refractivity contribution in [2.45, 2.75) is 31.3 Å². The molecule has 2 heterocycles. The first-order valence-corrected chi connectivity index (χ1v) is 8.37. The topological polar surface area (TPSA) is 60.9 Å². The second-order valence-electron chi connectivity index (χ2n) is 6.66. The average molecular weight is 355 g/mol. The maximum absolute atomic E-state index is 13.1. The number of rotatable bonds is 3. The third-order valence-corrected chi connectivity index (χ3v) is 5.85. The summed E-state index contributed by atoms with van der Waals surface area (Å²) >= 11 is 6.08. The van der Waals surface area contributed by atoms with Crippen LogP contribution in [-0.2, 0) is 16.1 Å². The van der Waals surface area contributed by atoms with E-state index in [1.54, 1.807) is 18.0 Å². The van der Waals surface area contributed by atoms with E-state index in [4.69, 9.17) is 11.6 Å². The van der Waals surface area contributed by atoms with Crippen molar-refractivity contribution in [2.75, 3.05) is 20.1 Å². The first kappa shape index (κ1) is 17.2. The van der Waals surface area contributed by atoms with Gasteiger partial charge in [0.15, 0.2) is 0 Å². The number of carboxylic acids is 1. The summed E-state index contributed by atoms with van der Waals surface area (Å²) in [6.07, 6.45) is 1.31. The maximum atomic E-state index is 13.1. The van der Waals surface area contributed by atoms with Gasteiger partial charge in [-0.3, -0.25) is 14.5 Å². The summed E-state index contributed by atoms with van der Waals surface area (Å²) < 4.78 is 13.1. The fourth-order valence-corrected chi connectivity index (χ4v) is 4.20. The quantitative estimate of drug-likeness (QED) is 0.905. The first-order chi connectivity index (χ1) is 11.3. The van der Waals surface area contributed by atoms with Crippen molar-refractivity contribution in [3.05, 3.63) is 34.6 Å². The molecule has 0 saturated carbocycles. The Balaban J connectivity index is 1.71. The molecule has 2 saturated heterocycles. The molecule has 1 unspecified atom stereocenters. The smallest absolute Gasteiger partial charge is 0.309 e. The zero-order chi connectivity index (χ0) is 17.5. The van der Waals surface area contributed by atoms with E-state index in [9.17, 15) is 19.1 Å². The summed E-state index contributed by atoms with van der Waals surface area (Å²) in [6, 6.07) is 4.36. The Morgan fingerprint density at radius 2 is 2.08 bits per heavy atom. The molecule has 2 aliphatic rings. The van der Waals surface area contributed by atoms with Gasteiger partial charge in [0.05, 0.1) is 11.5 Å². The van der Waals surface area contributed by atoms with Crippen LogP contribution in [0, 0.1) is 11.7 Å². The fourth-order valence-electron chi connectivity index (χ4n) is 3.97. The molecule has 0 radical (unpaired) electrons. The minimum atomic E-state index is -0.900. The predicted octanol–water partition coefficient (Wildman–Crippen LogP) is 2.38. The second-order valence-corrected chi connectivity index (χ2v) is 7.07. The van der Waals surface area contributed by atoms with Gasteiger partial charge in [-0.1, -0.05) is 17.7 Å². The summed E-state index contributed by atoms with van der Waals surface area (Å²) in [4.78, 5) is 27.4. The van der Waals surface area contributed by atoms with Crippen LogP contribution in [0.1, 0.15) is 24.8 Å². The van der Waals surface area contributed by atoms with Crippen LogP contribution in [0.15, 0.2) is 18.2 Å². The molecule has 1 atom stereocenters. The van der Waals surface area contributed by atoms with Gasteiger partial charge < -0.3 is 10.0 Å². The van der Waals surface area contributed by atoms with Gasteiger partial charge in [-0.15, -0.1) is 0 Å². The lowest BCUT2D eigenvalue weighted by molar-refractivity contribution is -0.146. The van der Waals surface area contributed by atoms with Crippen molar-refractivity contribution in [1.82, 2.24) is 9.80 Å². The lowest BCUT2D eigenvalue weighted by Gasteiger charge is -2.45. The standard InChI is InChI=1S/C17H20ClFN2O3/c1-20-15(22)9-13(16(23)24)17(20)4-6-21(7-5-17)10-11-2-3-12(19)8-14(11)18/h2-3,8,13H,4-7,9-10H2,1H3,(H,23,24). The van der Waals surface area contributed by atoms with Crippen LogP contribution >= 0.6 is 11.6 Å². The molecule has 24 heavy (non-hydrogen) atoms. The number of likely N-dealkylation sites (tertiary alicyclic amines) is 2. The molecule has 7 heteroatoms. The van der Waals surface area contributed by atoms with Crippen LogP contribution in [0.2, 0.25) is 5.02 Å². The summed E-state index contributed by atoms with van der Waals surface area (Å²) in [7, 11) is 1.71. The maximum Gasteiger partial charge on any atom is 0.309 e. The molecule has 1 amide bonds. The largest absolute Gasteiger partial charge is 0.481 e. The Morgan fingerprint density at radius 3 is 2.67 bits per heavy atom. The molecule has 1 aromatic rings. The molecule has 5 nitrogen and oxygen atoms in total. The van der Waals surface area contributed by atoms with Crippen LogP contribution in [0.4, 0.5) is 4.39 Å². The monoisotopic (exact) mass is 354 g/mol. The van der Waals surface area contributed by atoms with E-state index in [1.807, 2.05) is 0 Å². The van der Waals surface area contributed by atoms with Gasteiger partial charge in [-0.05, 0) is 30.5 Å². The normalized spacial score (nSPS) is 23.9. The third-order valence-electron chi connectivity index (χ3n) is 5.50. The minimum absolute atomic E-state index is 0.0790. The highest BCUT2D eigenvalue weighted by Crippen LogP contribution is 2.43. The number of amides is 1. The number of benzene rings is 1. The lowest BCUT2D eigenvalue weighted by atomic mass is 9.77. The minimum Gasteiger partial charge on any atom is -0.481 e. The molecule has 2 aliphatic heterocycles. The number of carbonyl (C=O) groups is 2. The highest BCUT2D eigenvalue weighted by molar-refractivity contribution is 6.31. The van der Waals surface area contributed by atoms with Crippen LogP contribution in [0.5, 0.6) is 0 Å². The van der Waals surface area contributed by atoms with E-state index < -0.39 is 17.4 Å². The van der Waals surface area contributed by atoms with Crippen molar-refractivity contribution < 1.29 is 19.1 Å². The van der Waals surface area contributed by atoms with Crippen LogP contribution in [0.3, 0.4) is 0 Å². The molecule has 1 aromatic carbocycles. The number of aliphatic carboxylic acids is 1. The highest BCUT2D eigenvalue weighted by Gasteiger charge is 2.55. The SMILES string of the molecule is CN1C(=O)CC(C(=O)O)C12CCN(Cc1ccc(F)cc1Cl)CC2. The van der Waals surface area contributed by atoms with Crippen molar-refractivity contribution in [2.24, 2.45) is 5.92 Å². The highest BCUT2D eigenvalue weighted by atomic mass is 35.5. The van der Waals surface area contributed by atoms with E-state index >= 15 is 0 Å². The molecule has 3 rings (SSSR count). The van der Waals surface area contributed by atoms with Gasteiger partial charge in [0.1, 0.15) is 5.82 Å². The summed E-state index contributed by atoms with van der Waals surface area (Å²) in [6.45, 7) is 1.94. The molecule has 0 aromatic heterocycles. The van der Waals surface area contributed by atoms with Gasteiger partial charge in [0.2, 0.25) is 5.91 Å². The van der Waals surface area contributed by atoms with Gasteiger partial charge in [-0.25, -0.2) is 4.39 Å². The molecular formula is C17H20ClFN2O3. The number of halogens is 2. The summed E-state index contributed by atoms with van der Waals surface area (Å²) in [5.41, 5.74) is 0.256. The number of carbonyl (C=O) groups excluding carboxylic acids is 1. The van der Waals surface area contributed by atoms with Crippen molar-refractivity contribution >= 4 is 23.5 Å². The summed E-state index contributed by atoms with van der Waals surface area (Å²) in [5, 5.41) is 9.88. The Kier molecular flexibility index (Phi) is 4.53. The van der Waals surface area contributed by atoms with Gasteiger partial charge in [0.25, 0.3) is 0 Å². The van der Waals surface area contributed by atoms with Crippen LogP contribution in [0.25, 0.3) is 0 Å². The predicted molar refractivity (Wildman–Crippen MR) is 87.2 cm³/mol. The molecule has 0 aliphatic carbocycles. The summed E-state index contributed by atoms with van der Waals surface area (Å²) in [5.74, 6) is -2.01. The van der Waals surface area contributed by atoms with Gasteiger partial charge in [0, 0.05) is 38.1 Å². The zero-order valence-corrected chi connectivity index (χ0v) is 14.2. The lowest BCUT2D eigenvalue weighted by Crippen LogP contribution is -2.55. The number of hydrogen-bond donors (Lipinski definition) is 1. The van der Waals surface area contributed by atoms with Gasteiger partial charge >= 0.3 is 5.97 Å². The van der Waals surface area contributed by atoms with Crippen molar-refractivity contribution in [3.63, 3.8) is 0 Å². The second kappa shape index (κ2) is 6.33. The number of carboxylic acid groups (broad SMARTS) is 1. The zero-order valence-electron chi connectivity index (χ0n) is 13.5. The van der Waals surface area contributed by atoms with Crippen LogP contribution in [-0.4, -0.2) is 52.5 Å². The Labute approximate surface area is 145 Å². The fraction of sp³-hybridized carbons (Fsp3) is 0.529. The number of hydrogen-bond acceptors (Lipinski definition) is 3. The molecular weight excluding hydrogens is 335 g/mol. The molecule has 1 spiro atoms. The van der Waals surface area contributed by atoms with Crippen molar-refractivity contribution in [3.8, 4) is 0 Å². The van der Waals surface area contributed by atoms with E-state index in [-0.39, 0.29) is 18.1 Å². The Bertz CT molecular complexity index is 674. The number of piperidine rings is 1. The van der Waals surface area contributed by atoms with E-state index in [0.29, 0.717) is 37.5 Å². The van der Waals surface area contributed by atoms with Crippen molar-refractivity contribution in [1.29, 1.82) is 0 Å². The van der Waals surface area contributed by atoms with Crippen LogP contribution < -0.4 is 0 Å². The Morgan fingerprint density at radius 1 is 1.42 bits per heavy atom. The molecule has 0 bridgehead atoms. The van der Waals surface area contributed by atoms with E-state index in [0.717, 1.165) is 5.56 Å². The molecule has 1 N–H and O–H groups in total. The third kappa shape index (κ3) is 2.89. The average Bonchev–Trinajstić information content (AvgIpc) is 2.78. The first-order valence-electron chi connectivity index (χ1n) is 7.99. The van der Waals surface area contributed by atoms with Gasteiger partial charge in [-0.2, -0.15) is 0 Å². The number of nitrogens with zero attached hydrogens (tertiary/aromatic N) is 2. The van der Waals surface area contributed by atoms with E-state index in [1.165, 1.54) is 12.1 Å².